The molecule has 1 saturated heterocycles. The summed E-state index contributed by atoms with van der Waals surface area (Å²) in [4.78, 5) is 12.8. The zero-order valence-corrected chi connectivity index (χ0v) is 16.7. The van der Waals surface area contributed by atoms with Gasteiger partial charge < -0.3 is 5.32 Å². The van der Waals surface area contributed by atoms with Crippen molar-refractivity contribution < 1.29 is 13.2 Å². The first kappa shape index (κ1) is 19.1. The molecule has 140 valence electrons. The summed E-state index contributed by atoms with van der Waals surface area (Å²) < 4.78 is 28.8. The van der Waals surface area contributed by atoms with Crippen molar-refractivity contribution in [2.24, 2.45) is 0 Å². The van der Waals surface area contributed by atoms with Crippen LogP contribution in [0.4, 0.5) is 5.69 Å². The average Bonchev–Trinajstić information content (AvgIpc) is 2.99. The molecule has 2 heterocycles. The number of hydrogen-bond acceptors (Lipinski definition) is 4. The van der Waals surface area contributed by atoms with E-state index in [0.29, 0.717) is 12.2 Å². The molecule has 2 aromatic rings. The van der Waals surface area contributed by atoms with Gasteiger partial charge in [-0.1, -0.05) is 25.0 Å². The lowest BCUT2D eigenvalue weighted by atomic mass is 10.1. The van der Waals surface area contributed by atoms with Gasteiger partial charge in [-0.2, -0.15) is 4.31 Å². The van der Waals surface area contributed by atoms with Crippen molar-refractivity contribution in [2.75, 3.05) is 11.9 Å². The van der Waals surface area contributed by atoms with Crippen LogP contribution in [0.5, 0.6) is 0 Å². The van der Waals surface area contributed by atoms with E-state index >= 15 is 0 Å². The van der Waals surface area contributed by atoms with Crippen LogP contribution in [0.25, 0.3) is 0 Å². The van der Waals surface area contributed by atoms with Gasteiger partial charge in [0.05, 0.1) is 11.7 Å². The smallest absolute Gasteiger partial charge is 0.245 e. The summed E-state index contributed by atoms with van der Waals surface area (Å²) in [6.45, 7) is 3.74. The fourth-order valence-corrected chi connectivity index (χ4v) is 6.25. The number of carbonyl (C=O) groups is 1. The highest BCUT2D eigenvalue weighted by molar-refractivity contribution is 7.89. The number of sulfonamides is 1. The lowest BCUT2D eigenvalue weighted by Gasteiger charge is -2.29. The second-order valence-corrected chi connectivity index (χ2v) is 9.52. The number of hydrogen-bond donors (Lipinski definition) is 1. The lowest BCUT2D eigenvalue weighted by molar-refractivity contribution is -0.114. The van der Waals surface area contributed by atoms with E-state index in [1.54, 1.807) is 27.8 Å². The van der Waals surface area contributed by atoms with E-state index < -0.39 is 10.0 Å². The van der Waals surface area contributed by atoms with E-state index in [1.807, 2.05) is 30.5 Å². The number of nitrogens with zero attached hydrogens (tertiary/aromatic N) is 1. The quantitative estimate of drug-likeness (QED) is 0.842. The van der Waals surface area contributed by atoms with Gasteiger partial charge in [0.25, 0.3) is 0 Å². The van der Waals surface area contributed by atoms with Gasteiger partial charge in [-0.3, -0.25) is 4.79 Å². The van der Waals surface area contributed by atoms with Crippen molar-refractivity contribution in [3.05, 3.63) is 46.2 Å². The summed E-state index contributed by atoms with van der Waals surface area (Å²) in [6.07, 6.45) is 3.71. The Morgan fingerprint density at radius 2 is 2.04 bits per heavy atom. The maximum absolute atomic E-state index is 13.6. The minimum atomic E-state index is -3.73. The largest absolute Gasteiger partial charge is 0.325 e. The van der Waals surface area contributed by atoms with Crippen LogP contribution in [0, 0.1) is 6.92 Å². The maximum Gasteiger partial charge on any atom is 0.245 e. The molecule has 1 atom stereocenters. The minimum absolute atomic E-state index is 0.145. The molecular weight excluding hydrogens is 368 g/mol. The third-order valence-corrected chi connectivity index (χ3v) is 7.53. The molecule has 1 fully saturated rings. The molecule has 1 N–H and O–H groups in total. The molecule has 0 radical (unpaired) electrons. The monoisotopic (exact) mass is 392 g/mol. The Balaban J connectivity index is 2.07. The summed E-state index contributed by atoms with van der Waals surface area (Å²) in [5, 5.41) is 4.66. The molecule has 26 heavy (non-hydrogen) atoms. The summed E-state index contributed by atoms with van der Waals surface area (Å²) in [6, 6.07) is 8.95. The molecule has 1 aliphatic heterocycles. The predicted octanol–water partition coefficient (Wildman–Crippen LogP) is 4.32. The van der Waals surface area contributed by atoms with Gasteiger partial charge >= 0.3 is 0 Å². The molecule has 0 bridgehead atoms. The number of rotatable bonds is 4. The fourth-order valence-electron chi connectivity index (χ4n) is 3.40. The van der Waals surface area contributed by atoms with Crippen LogP contribution in [0.15, 0.2) is 40.6 Å². The number of aryl methyl sites for hydroxylation is 1. The minimum Gasteiger partial charge on any atom is -0.325 e. The van der Waals surface area contributed by atoms with Crippen molar-refractivity contribution in [3.63, 3.8) is 0 Å². The Morgan fingerprint density at radius 3 is 2.73 bits per heavy atom. The first-order chi connectivity index (χ1) is 12.4. The van der Waals surface area contributed by atoms with E-state index in [9.17, 15) is 13.2 Å². The van der Waals surface area contributed by atoms with Gasteiger partial charge in [0.15, 0.2) is 0 Å². The van der Waals surface area contributed by atoms with Crippen LogP contribution in [0.2, 0.25) is 0 Å². The molecule has 3 rings (SSSR count). The number of benzene rings is 1. The molecule has 1 unspecified atom stereocenters. The normalized spacial score (nSPS) is 19.1. The Bertz CT molecular complexity index is 876. The van der Waals surface area contributed by atoms with Gasteiger partial charge in [0.1, 0.15) is 4.90 Å². The maximum atomic E-state index is 13.6. The van der Waals surface area contributed by atoms with Crippen molar-refractivity contribution in [1.29, 1.82) is 0 Å². The first-order valence-corrected chi connectivity index (χ1v) is 11.1. The third kappa shape index (κ3) is 4.00. The van der Waals surface area contributed by atoms with Gasteiger partial charge in [0, 0.05) is 18.3 Å². The third-order valence-electron chi connectivity index (χ3n) is 4.61. The zero-order chi connectivity index (χ0) is 18.7. The second kappa shape index (κ2) is 7.90. The summed E-state index contributed by atoms with van der Waals surface area (Å²) in [7, 11) is -3.73. The molecule has 1 amide bonds. The lowest BCUT2D eigenvalue weighted by Crippen LogP contribution is -2.35. The number of carbonyl (C=O) groups excluding carboxylic acids is 1. The van der Waals surface area contributed by atoms with Crippen LogP contribution >= 0.6 is 11.3 Å². The highest BCUT2D eigenvalue weighted by Crippen LogP contribution is 2.38. The van der Waals surface area contributed by atoms with E-state index in [2.05, 4.69) is 5.32 Å². The predicted molar refractivity (Wildman–Crippen MR) is 105 cm³/mol. The van der Waals surface area contributed by atoms with Crippen molar-refractivity contribution >= 4 is 33.0 Å². The summed E-state index contributed by atoms with van der Waals surface area (Å²) in [5.41, 5.74) is 1.19. The van der Waals surface area contributed by atoms with Crippen molar-refractivity contribution in [3.8, 4) is 0 Å². The number of anilines is 1. The van der Waals surface area contributed by atoms with E-state index in [4.69, 9.17) is 0 Å². The van der Waals surface area contributed by atoms with Crippen LogP contribution in [-0.4, -0.2) is 25.2 Å². The molecule has 0 saturated carbocycles. The zero-order valence-electron chi connectivity index (χ0n) is 15.1. The highest BCUT2D eigenvalue weighted by Gasteiger charge is 2.35. The number of nitrogens with one attached hydrogen (secondary N) is 1. The molecule has 1 aromatic heterocycles. The Morgan fingerprint density at radius 1 is 1.23 bits per heavy atom. The molecule has 7 heteroatoms. The van der Waals surface area contributed by atoms with Crippen LogP contribution in [0.3, 0.4) is 0 Å². The van der Waals surface area contributed by atoms with Crippen LogP contribution in [0.1, 0.15) is 49.1 Å². The topological polar surface area (TPSA) is 66.5 Å². The van der Waals surface area contributed by atoms with Crippen molar-refractivity contribution in [2.45, 2.75) is 50.5 Å². The van der Waals surface area contributed by atoms with Gasteiger partial charge in [-0.05, 0) is 48.9 Å². The molecule has 1 aromatic carbocycles. The molecule has 0 spiro atoms. The van der Waals surface area contributed by atoms with E-state index in [1.165, 1.54) is 6.92 Å². The Kier molecular flexibility index (Phi) is 5.79. The Hall–Kier alpha value is -1.70. The summed E-state index contributed by atoms with van der Waals surface area (Å²) >= 11 is 1.60. The average molecular weight is 393 g/mol. The van der Waals surface area contributed by atoms with Gasteiger partial charge in [0.2, 0.25) is 15.9 Å². The fraction of sp³-hybridized carbons (Fsp3) is 0.421. The molecule has 1 aliphatic rings. The molecule has 5 nitrogen and oxygen atoms in total. The van der Waals surface area contributed by atoms with Crippen LogP contribution < -0.4 is 5.32 Å². The van der Waals surface area contributed by atoms with Gasteiger partial charge in [-0.25, -0.2) is 8.42 Å². The van der Waals surface area contributed by atoms with E-state index in [-0.39, 0.29) is 16.8 Å². The van der Waals surface area contributed by atoms with E-state index in [0.717, 1.165) is 36.1 Å². The SMILES string of the molecule is CC(=O)Nc1ccc(C)cc1S(=O)(=O)N1CCCCCC1c1cccs1. The van der Waals surface area contributed by atoms with Crippen molar-refractivity contribution in [1.82, 2.24) is 4.31 Å². The highest BCUT2D eigenvalue weighted by atomic mass is 32.2. The molecular formula is C19H24N2O3S2. The number of thiophene rings is 1. The standard InChI is InChI=1S/C19H24N2O3S2/c1-14-9-10-16(20-15(2)22)19(13-14)26(23,24)21-11-5-3-4-7-17(21)18-8-6-12-25-18/h6,8-10,12-13,17H,3-5,7,11H2,1-2H3,(H,20,22). The second-order valence-electron chi connectivity index (χ2n) is 6.68. The Labute approximate surface area is 159 Å². The molecule has 0 aliphatic carbocycles. The first-order valence-electron chi connectivity index (χ1n) is 8.83. The van der Waals surface area contributed by atoms with Crippen LogP contribution in [-0.2, 0) is 14.8 Å². The number of amides is 1. The summed E-state index contributed by atoms with van der Waals surface area (Å²) in [5.74, 6) is -0.282. The van der Waals surface area contributed by atoms with Gasteiger partial charge in [-0.15, -0.1) is 11.3 Å².